The third kappa shape index (κ3) is 2.02. The van der Waals surface area contributed by atoms with Gasteiger partial charge >= 0.3 is 12.0 Å². The minimum atomic E-state index is -0.698. The van der Waals surface area contributed by atoms with Crippen molar-refractivity contribution in [2.45, 2.75) is 6.92 Å². The van der Waals surface area contributed by atoms with Crippen LogP contribution in [-0.4, -0.2) is 19.1 Å². The number of anilines is 1. The molecule has 1 aromatic heterocycles. The first kappa shape index (κ1) is 10.5. The number of aryl methyl sites for hydroxylation is 1. The molecule has 0 aliphatic rings. The quantitative estimate of drug-likeness (QED) is 0.729. The van der Waals surface area contributed by atoms with Crippen molar-refractivity contribution in [1.82, 2.24) is 0 Å². The highest BCUT2D eigenvalue weighted by Crippen LogP contribution is 2.27. The van der Waals surface area contributed by atoms with Gasteiger partial charge in [0.05, 0.1) is 12.8 Å². The molecule has 2 amide bonds. The first-order valence-corrected chi connectivity index (χ1v) is 4.67. The molecule has 0 fully saturated rings. The maximum Gasteiger partial charge on any atom is 0.350 e. The number of methoxy groups -OCH3 is 1. The highest BCUT2D eigenvalue weighted by molar-refractivity contribution is 7.12. The van der Waals surface area contributed by atoms with Crippen molar-refractivity contribution in [2.75, 3.05) is 12.4 Å². The second kappa shape index (κ2) is 4.10. The molecule has 0 saturated carbocycles. The van der Waals surface area contributed by atoms with Crippen LogP contribution in [0.4, 0.5) is 10.5 Å². The number of hydrogen-bond acceptors (Lipinski definition) is 4. The van der Waals surface area contributed by atoms with E-state index in [0.717, 1.165) is 5.56 Å². The smallest absolute Gasteiger partial charge is 0.350 e. The van der Waals surface area contributed by atoms with E-state index in [1.54, 1.807) is 12.3 Å². The molecular formula is C8H10N2O3S. The topological polar surface area (TPSA) is 81.4 Å². The first-order chi connectivity index (χ1) is 6.56. The second-order valence-electron chi connectivity index (χ2n) is 2.60. The largest absolute Gasteiger partial charge is 0.465 e. The maximum absolute atomic E-state index is 11.2. The molecule has 0 radical (unpaired) electrons. The highest BCUT2D eigenvalue weighted by atomic mass is 32.1. The van der Waals surface area contributed by atoms with Crippen LogP contribution in [0.25, 0.3) is 0 Å². The molecule has 1 heterocycles. The number of thiophene rings is 1. The van der Waals surface area contributed by atoms with Crippen molar-refractivity contribution >= 4 is 29.0 Å². The van der Waals surface area contributed by atoms with Gasteiger partial charge < -0.3 is 15.8 Å². The van der Waals surface area contributed by atoms with Crippen molar-refractivity contribution < 1.29 is 14.3 Å². The van der Waals surface area contributed by atoms with Crippen LogP contribution in [0.3, 0.4) is 0 Å². The maximum atomic E-state index is 11.2. The third-order valence-corrected chi connectivity index (χ3v) is 2.67. The van der Waals surface area contributed by atoms with E-state index < -0.39 is 12.0 Å². The monoisotopic (exact) mass is 214 g/mol. The van der Waals surface area contributed by atoms with E-state index in [-0.39, 0.29) is 0 Å². The number of rotatable bonds is 2. The van der Waals surface area contributed by atoms with Gasteiger partial charge in [-0.05, 0) is 17.9 Å². The summed E-state index contributed by atoms with van der Waals surface area (Å²) >= 11 is 1.21. The van der Waals surface area contributed by atoms with Gasteiger partial charge in [0.2, 0.25) is 0 Å². The number of hydrogen-bond donors (Lipinski definition) is 2. The fourth-order valence-corrected chi connectivity index (χ4v) is 1.89. The molecule has 3 N–H and O–H groups in total. The molecular weight excluding hydrogens is 204 g/mol. The summed E-state index contributed by atoms with van der Waals surface area (Å²) in [4.78, 5) is 22.2. The van der Waals surface area contributed by atoms with E-state index in [4.69, 9.17) is 5.73 Å². The Morgan fingerprint density at radius 3 is 2.71 bits per heavy atom. The van der Waals surface area contributed by atoms with Crippen LogP contribution in [0.15, 0.2) is 5.38 Å². The second-order valence-corrected chi connectivity index (χ2v) is 3.48. The molecule has 6 heteroatoms. The van der Waals surface area contributed by atoms with Crippen LogP contribution in [0, 0.1) is 6.92 Å². The molecule has 0 spiro atoms. The Labute approximate surface area is 84.9 Å². The highest BCUT2D eigenvalue weighted by Gasteiger charge is 2.17. The summed E-state index contributed by atoms with van der Waals surface area (Å²) in [6.07, 6.45) is 0. The normalized spacial score (nSPS) is 9.57. The van der Waals surface area contributed by atoms with Crippen LogP contribution < -0.4 is 11.1 Å². The zero-order valence-electron chi connectivity index (χ0n) is 7.79. The number of amides is 2. The van der Waals surface area contributed by atoms with E-state index in [1.165, 1.54) is 18.4 Å². The van der Waals surface area contributed by atoms with Gasteiger partial charge in [-0.3, -0.25) is 0 Å². The predicted octanol–water partition coefficient (Wildman–Crippen LogP) is 1.33. The summed E-state index contributed by atoms with van der Waals surface area (Å²) < 4.78 is 4.55. The number of nitrogens with two attached hydrogens (primary N) is 1. The Hall–Kier alpha value is -1.56. The van der Waals surface area contributed by atoms with Crippen LogP contribution in [0.2, 0.25) is 0 Å². The zero-order valence-corrected chi connectivity index (χ0v) is 8.60. The fraction of sp³-hybridized carbons (Fsp3) is 0.250. The Morgan fingerprint density at radius 1 is 1.57 bits per heavy atom. The van der Waals surface area contributed by atoms with E-state index in [2.05, 4.69) is 10.1 Å². The van der Waals surface area contributed by atoms with E-state index in [9.17, 15) is 9.59 Å². The van der Waals surface area contributed by atoms with Gasteiger partial charge in [0, 0.05) is 0 Å². The van der Waals surface area contributed by atoms with Gasteiger partial charge in [-0.1, -0.05) is 0 Å². The first-order valence-electron chi connectivity index (χ1n) is 3.79. The summed E-state index contributed by atoms with van der Waals surface area (Å²) in [7, 11) is 1.28. The fourth-order valence-electron chi connectivity index (χ4n) is 0.966. The van der Waals surface area contributed by atoms with Gasteiger partial charge in [0.1, 0.15) is 4.88 Å². The summed E-state index contributed by atoms with van der Waals surface area (Å²) in [5.41, 5.74) is 6.18. The molecule has 0 aliphatic heterocycles. The van der Waals surface area contributed by atoms with E-state index in [0.29, 0.717) is 10.6 Å². The van der Waals surface area contributed by atoms with Gasteiger partial charge in [-0.15, -0.1) is 11.3 Å². The van der Waals surface area contributed by atoms with Gasteiger partial charge in [-0.25, -0.2) is 9.59 Å². The molecule has 76 valence electrons. The number of urea groups is 1. The number of carbonyl (C=O) groups is 2. The van der Waals surface area contributed by atoms with Crippen LogP contribution in [-0.2, 0) is 4.74 Å². The Bertz CT molecular complexity index is 373. The van der Waals surface area contributed by atoms with Crippen molar-refractivity contribution in [3.8, 4) is 0 Å². The van der Waals surface area contributed by atoms with Crippen molar-refractivity contribution in [2.24, 2.45) is 5.73 Å². The lowest BCUT2D eigenvalue weighted by Crippen LogP contribution is -2.20. The number of primary amides is 1. The predicted molar refractivity (Wildman–Crippen MR) is 53.6 cm³/mol. The molecule has 0 aliphatic carbocycles. The van der Waals surface area contributed by atoms with Gasteiger partial charge in [-0.2, -0.15) is 0 Å². The Balaban J connectivity index is 3.05. The summed E-state index contributed by atoms with van der Waals surface area (Å²) in [5, 5.41) is 4.13. The van der Waals surface area contributed by atoms with Crippen molar-refractivity contribution in [1.29, 1.82) is 0 Å². The average molecular weight is 214 g/mol. The molecule has 0 atom stereocenters. The van der Waals surface area contributed by atoms with Crippen LogP contribution >= 0.6 is 11.3 Å². The molecule has 0 aromatic carbocycles. The Morgan fingerprint density at radius 2 is 2.21 bits per heavy atom. The molecule has 0 bridgehead atoms. The third-order valence-electron chi connectivity index (χ3n) is 1.59. The number of carbonyl (C=O) groups excluding carboxylic acids is 2. The number of nitrogens with one attached hydrogen (secondary N) is 1. The van der Waals surface area contributed by atoms with E-state index >= 15 is 0 Å². The standard InChI is InChI=1S/C8H10N2O3S/c1-4-3-14-6(7(11)13-2)5(4)10-8(9)12/h3H,1-2H3,(H3,9,10,12). The van der Waals surface area contributed by atoms with Gasteiger partial charge in [0.25, 0.3) is 0 Å². The minimum absolute atomic E-state index is 0.351. The molecule has 1 aromatic rings. The lowest BCUT2D eigenvalue weighted by molar-refractivity contribution is 0.0607. The summed E-state index contributed by atoms with van der Waals surface area (Å²) in [6, 6.07) is -0.698. The molecule has 1 rings (SSSR count). The molecule has 0 saturated heterocycles. The lowest BCUT2D eigenvalue weighted by Gasteiger charge is -2.03. The lowest BCUT2D eigenvalue weighted by atomic mass is 10.3. The summed E-state index contributed by atoms with van der Waals surface area (Å²) in [5.74, 6) is -0.480. The number of esters is 1. The SMILES string of the molecule is COC(=O)c1scc(C)c1NC(N)=O. The molecule has 0 unspecified atom stereocenters. The van der Waals surface area contributed by atoms with Crippen molar-refractivity contribution in [3.63, 3.8) is 0 Å². The minimum Gasteiger partial charge on any atom is -0.465 e. The van der Waals surface area contributed by atoms with Crippen LogP contribution in [0.5, 0.6) is 0 Å². The van der Waals surface area contributed by atoms with Crippen molar-refractivity contribution in [3.05, 3.63) is 15.8 Å². The number of ether oxygens (including phenoxy) is 1. The average Bonchev–Trinajstić information content (AvgIpc) is 2.46. The molecule has 14 heavy (non-hydrogen) atoms. The van der Waals surface area contributed by atoms with Crippen LogP contribution in [0.1, 0.15) is 15.2 Å². The van der Waals surface area contributed by atoms with Gasteiger partial charge in [0.15, 0.2) is 0 Å². The van der Waals surface area contributed by atoms with E-state index in [1.807, 2.05) is 0 Å². The zero-order chi connectivity index (χ0) is 10.7. The summed E-state index contributed by atoms with van der Waals surface area (Å²) in [6.45, 7) is 1.77. The molecule has 5 nitrogen and oxygen atoms in total. The Kier molecular flexibility index (Phi) is 3.08.